The molecule has 0 aromatic rings. The van der Waals surface area contributed by atoms with Gasteiger partial charge in [0, 0.05) is 18.8 Å². The molecule has 0 saturated carbocycles. The summed E-state index contributed by atoms with van der Waals surface area (Å²) >= 11 is 1.25. The van der Waals surface area contributed by atoms with Crippen LogP contribution in [0.3, 0.4) is 0 Å². The van der Waals surface area contributed by atoms with Gasteiger partial charge in [-0.2, -0.15) is 0 Å². The Balaban J connectivity index is 1.63. The number of hydrogen-bond donors (Lipinski definition) is 3. The number of carbonyl (C=O) groups excluding carboxylic acids is 3. The van der Waals surface area contributed by atoms with E-state index in [4.69, 9.17) is 4.74 Å². The molecule has 3 heterocycles. The van der Waals surface area contributed by atoms with Crippen LogP contribution in [0.2, 0.25) is 0 Å². The van der Waals surface area contributed by atoms with Gasteiger partial charge in [0.1, 0.15) is 23.4 Å². The van der Waals surface area contributed by atoms with E-state index in [9.17, 15) is 29.4 Å². The first kappa shape index (κ1) is 18.8. The summed E-state index contributed by atoms with van der Waals surface area (Å²) in [6.45, 7) is -0.133. The number of carboxylic acid groups (broad SMARTS) is 1. The maximum atomic E-state index is 12.2. The molecule has 4 atom stereocenters. The van der Waals surface area contributed by atoms with E-state index < -0.39 is 23.5 Å². The summed E-state index contributed by atoms with van der Waals surface area (Å²) in [6.07, 6.45) is 1.25. The van der Waals surface area contributed by atoms with E-state index in [2.05, 4.69) is 5.32 Å². The SMILES string of the molecule is O=CNC1C(=O)N2CC(COC(=O)N3CCCC3CO)(C(=O)O)CS[C@H]12. The number of carbonyl (C=O) groups is 4. The molecule has 3 unspecified atom stereocenters. The Morgan fingerprint density at radius 3 is 2.88 bits per heavy atom. The number of ether oxygens (including phenoxy) is 1. The Hall–Kier alpha value is -2.01. The number of carboxylic acids is 1. The largest absolute Gasteiger partial charge is 0.481 e. The summed E-state index contributed by atoms with van der Waals surface area (Å²) in [5, 5.41) is 21.1. The number of aliphatic hydroxyl groups excluding tert-OH is 1. The van der Waals surface area contributed by atoms with E-state index in [1.165, 1.54) is 21.6 Å². The average Bonchev–Trinajstić information content (AvgIpc) is 3.12. The van der Waals surface area contributed by atoms with Crippen molar-refractivity contribution in [3.05, 3.63) is 0 Å². The first-order chi connectivity index (χ1) is 12.4. The number of aliphatic hydroxyl groups is 1. The van der Waals surface area contributed by atoms with Crippen LogP contribution < -0.4 is 5.32 Å². The minimum Gasteiger partial charge on any atom is -0.481 e. The Kier molecular flexibility index (Phi) is 5.28. The molecule has 3 aliphatic rings. The van der Waals surface area contributed by atoms with Gasteiger partial charge in [-0.1, -0.05) is 0 Å². The quantitative estimate of drug-likeness (QED) is 0.377. The van der Waals surface area contributed by atoms with Crippen LogP contribution in [-0.4, -0.2) is 93.9 Å². The Morgan fingerprint density at radius 2 is 2.23 bits per heavy atom. The van der Waals surface area contributed by atoms with Crippen molar-refractivity contribution in [3.63, 3.8) is 0 Å². The predicted molar refractivity (Wildman–Crippen MR) is 89.2 cm³/mol. The van der Waals surface area contributed by atoms with Crippen molar-refractivity contribution in [2.75, 3.05) is 32.1 Å². The number of nitrogens with zero attached hydrogens (tertiary/aromatic N) is 2. The highest BCUT2D eigenvalue weighted by Gasteiger charge is 2.57. The number of amides is 3. The second kappa shape index (κ2) is 7.31. The van der Waals surface area contributed by atoms with Gasteiger partial charge in [0.2, 0.25) is 12.3 Å². The van der Waals surface area contributed by atoms with Crippen LogP contribution >= 0.6 is 11.8 Å². The summed E-state index contributed by atoms with van der Waals surface area (Å²) in [7, 11) is 0. The van der Waals surface area contributed by atoms with Crippen LogP contribution in [-0.2, 0) is 19.1 Å². The predicted octanol–water partition coefficient (Wildman–Crippen LogP) is -1.32. The molecule has 0 radical (unpaired) electrons. The molecular weight excluding hydrogens is 366 g/mol. The van der Waals surface area contributed by atoms with Crippen LogP contribution in [0.4, 0.5) is 4.79 Å². The first-order valence-electron chi connectivity index (χ1n) is 8.33. The van der Waals surface area contributed by atoms with E-state index >= 15 is 0 Å². The lowest BCUT2D eigenvalue weighted by atomic mass is 9.88. The maximum absolute atomic E-state index is 12.2. The Morgan fingerprint density at radius 1 is 1.46 bits per heavy atom. The van der Waals surface area contributed by atoms with Gasteiger partial charge in [-0.25, -0.2) is 4.79 Å². The molecular formula is C15H21N3O7S. The lowest BCUT2D eigenvalue weighted by Crippen LogP contribution is -2.73. The van der Waals surface area contributed by atoms with Gasteiger partial charge in [0.05, 0.1) is 12.6 Å². The molecule has 3 N–H and O–H groups in total. The maximum Gasteiger partial charge on any atom is 0.410 e. The van der Waals surface area contributed by atoms with Crippen molar-refractivity contribution in [3.8, 4) is 0 Å². The molecule has 3 rings (SSSR count). The second-order valence-corrected chi connectivity index (χ2v) is 7.85. The van der Waals surface area contributed by atoms with E-state index in [1.807, 2.05) is 0 Å². The van der Waals surface area contributed by atoms with E-state index in [1.54, 1.807) is 0 Å². The molecule has 3 aliphatic heterocycles. The molecule has 0 spiro atoms. The van der Waals surface area contributed by atoms with Crippen LogP contribution in [0.1, 0.15) is 12.8 Å². The zero-order chi connectivity index (χ0) is 18.9. The lowest BCUT2D eigenvalue weighted by Gasteiger charge is -2.53. The van der Waals surface area contributed by atoms with Gasteiger partial charge in [-0.05, 0) is 12.8 Å². The molecule has 26 heavy (non-hydrogen) atoms. The molecule has 11 heteroatoms. The monoisotopic (exact) mass is 387 g/mol. The summed E-state index contributed by atoms with van der Waals surface area (Å²) < 4.78 is 5.25. The van der Waals surface area contributed by atoms with E-state index in [0.29, 0.717) is 19.4 Å². The summed E-state index contributed by atoms with van der Waals surface area (Å²) in [6, 6.07) is -0.942. The fourth-order valence-corrected chi connectivity index (χ4v) is 5.08. The topological polar surface area (TPSA) is 136 Å². The molecule has 0 bridgehead atoms. The number of fused-ring (bicyclic) bond motifs is 1. The molecule has 3 amide bonds. The van der Waals surface area contributed by atoms with E-state index in [-0.39, 0.29) is 42.8 Å². The first-order valence-corrected chi connectivity index (χ1v) is 9.38. The highest BCUT2D eigenvalue weighted by Crippen LogP contribution is 2.42. The van der Waals surface area contributed by atoms with Crippen molar-refractivity contribution < 1.29 is 34.1 Å². The third-order valence-corrected chi connectivity index (χ3v) is 6.73. The molecule has 144 valence electrons. The Labute approximate surface area is 153 Å². The smallest absolute Gasteiger partial charge is 0.410 e. The van der Waals surface area contributed by atoms with Crippen LogP contribution in [0, 0.1) is 5.41 Å². The van der Waals surface area contributed by atoms with Crippen molar-refractivity contribution in [1.82, 2.24) is 15.1 Å². The van der Waals surface area contributed by atoms with Crippen LogP contribution in [0.15, 0.2) is 0 Å². The van der Waals surface area contributed by atoms with Gasteiger partial charge < -0.3 is 30.1 Å². The molecule has 0 aromatic heterocycles. The van der Waals surface area contributed by atoms with Crippen molar-refractivity contribution >= 4 is 36.1 Å². The fourth-order valence-electron chi connectivity index (χ4n) is 3.55. The third kappa shape index (κ3) is 3.09. The molecule has 10 nitrogen and oxygen atoms in total. The van der Waals surface area contributed by atoms with Gasteiger partial charge in [-0.3, -0.25) is 14.4 Å². The van der Waals surface area contributed by atoms with Crippen LogP contribution in [0.5, 0.6) is 0 Å². The van der Waals surface area contributed by atoms with Crippen molar-refractivity contribution in [2.45, 2.75) is 30.3 Å². The number of aliphatic carboxylic acids is 1. The molecule has 3 fully saturated rings. The highest BCUT2D eigenvalue weighted by molar-refractivity contribution is 8.00. The summed E-state index contributed by atoms with van der Waals surface area (Å²) in [4.78, 5) is 49.5. The lowest BCUT2D eigenvalue weighted by molar-refractivity contribution is -0.160. The number of β-lactam (4-membered cyclic amide) rings is 1. The number of thioether (sulfide) groups is 1. The van der Waals surface area contributed by atoms with Crippen molar-refractivity contribution in [2.24, 2.45) is 5.41 Å². The number of rotatable bonds is 6. The zero-order valence-electron chi connectivity index (χ0n) is 14.0. The van der Waals surface area contributed by atoms with Crippen molar-refractivity contribution in [1.29, 1.82) is 0 Å². The fraction of sp³-hybridized carbons (Fsp3) is 0.733. The van der Waals surface area contributed by atoms with E-state index in [0.717, 1.165) is 6.42 Å². The van der Waals surface area contributed by atoms with Gasteiger partial charge in [-0.15, -0.1) is 11.8 Å². The second-order valence-electron chi connectivity index (χ2n) is 6.74. The molecule has 0 aromatic carbocycles. The minimum atomic E-state index is -1.40. The normalized spacial score (nSPS) is 33.3. The third-order valence-electron chi connectivity index (χ3n) is 5.14. The standard InChI is InChI=1S/C15H21N3O7S/c19-4-9-2-1-3-17(9)14(24)25-6-15(13(22)23)5-18-11(21)10(16-8-20)12(18)26-7-15/h8-10,12,19H,1-7H2,(H,16,20)(H,22,23)/t9?,10?,12-,15?/m1/s1. The summed E-state index contributed by atoms with van der Waals surface area (Å²) in [5.41, 5.74) is -1.40. The Bertz CT molecular complexity index is 618. The molecule has 3 saturated heterocycles. The molecule has 0 aliphatic carbocycles. The van der Waals surface area contributed by atoms with Gasteiger partial charge in [0.15, 0.2) is 0 Å². The van der Waals surface area contributed by atoms with Crippen LogP contribution in [0.25, 0.3) is 0 Å². The average molecular weight is 387 g/mol. The number of hydrogen-bond acceptors (Lipinski definition) is 7. The number of likely N-dealkylation sites (tertiary alicyclic amines) is 1. The van der Waals surface area contributed by atoms with Gasteiger partial charge in [0.25, 0.3) is 0 Å². The van der Waals surface area contributed by atoms with Gasteiger partial charge >= 0.3 is 12.1 Å². The number of nitrogens with one attached hydrogen (secondary N) is 1. The zero-order valence-corrected chi connectivity index (χ0v) is 14.8. The minimum absolute atomic E-state index is 0.0768. The highest BCUT2D eigenvalue weighted by atomic mass is 32.2. The summed E-state index contributed by atoms with van der Waals surface area (Å²) in [5.74, 6) is -1.33.